The summed E-state index contributed by atoms with van der Waals surface area (Å²) >= 11 is 5.05. The highest BCUT2D eigenvalue weighted by atomic mass is 79.9. The van der Waals surface area contributed by atoms with Gasteiger partial charge < -0.3 is 15.1 Å². The number of nitrogens with zero attached hydrogens (tertiary/aromatic N) is 2. The minimum absolute atomic E-state index is 0.0618. The summed E-state index contributed by atoms with van der Waals surface area (Å²) in [6.45, 7) is 1.71. The lowest BCUT2D eigenvalue weighted by Crippen LogP contribution is -2.51. The molecule has 1 aliphatic heterocycles. The first-order chi connectivity index (χ1) is 15.5. The molecule has 164 valence electrons. The van der Waals surface area contributed by atoms with Crippen LogP contribution >= 0.6 is 27.3 Å². The second kappa shape index (κ2) is 10.1. The van der Waals surface area contributed by atoms with Crippen LogP contribution in [-0.2, 0) is 9.59 Å². The van der Waals surface area contributed by atoms with Crippen molar-refractivity contribution in [3.8, 4) is 11.1 Å². The molecule has 6 nitrogen and oxygen atoms in total. The van der Waals surface area contributed by atoms with Gasteiger partial charge in [0.05, 0.1) is 5.56 Å². The maximum atomic E-state index is 12.7. The second-order valence-electron chi connectivity index (χ2n) is 7.47. The Morgan fingerprint density at radius 3 is 2.22 bits per heavy atom. The number of hydrogen-bond acceptors (Lipinski definition) is 4. The van der Waals surface area contributed by atoms with Crippen LogP contribution in [0.1, 0.15) is 16.8 Å². The summed E-state index contributed by atoms with van der Waals surface area (Å²) in [6, 6.07) is 16.9. The zero-order chi connectivity index (χ0) is 22.5. The van der Waals surface area contributed by atoms with E-state index in [2.05, 4.69) is 26.6 Å². The van der Waals surface area contributed by atoms with E-state index in [4.69, 9.17) is 0 Å². The van der Waals surface area contributed by atoms with Crippen molar-refractivity contribution in [3.63, 3.8) is 0 Å². The lowest BCUT2D eigenvalue weighted by Gasteiger charge is -2.35. The van der Waals surface area contributed by atoms with Gasteiger partial charge in [0.2, 0.25) is 11.8 Å². The predicted molar refractivity (Wildman–Crippen MR) is 130 cm³/mol. The van der Waals surface area contributed by atoms with E-state index in [1.54, 1.807) is 27.2 Å². The van der Waals surface area contributed by atoms with Gasteiger partial charge in [-0.3, -0.25) is 14.4 Å². The summed E-state index contributed by atoms with van der Waals surface area (Å²) in [4.78, 5) is 41.0. The van der Waals surface area contributed by atoms with Crippen molar-refractivity contribution in [1.82, 2.24) is 9.80 Å². The molecular formula is C24H22BrN3O3S. The molecule has 0 unspecified atom stereocenters. The fourth-order valence-corrected chi connectivity index (χ4v) is 4.71. The highest BCUT2D eigenvalue weighted by molar-refractivity contribution is 9.10. The molecule has 1 aliphatic rings. The summed E-state index contributed by atoms with van der Waals surface area (Å²) in [5.74, 6) is -0.636. The van der Waals surface area contributed by atoms with E-state index in [1.165, 1.54) is 0 Å². The largest absolute Gasteiger partial charge is 0.339 e. The molecule has 0 atom stereocenters. The van der Waals surface area contributed by atoms with Crippen LogP contribution in [0.4, 0.5) is 5.69 Å². The molecule has 0 bridgehead atoms. The number of rotatable bonds is 5. The zero-order valence-corrected chi connectivity index (χ0v) is 19.7. The number of hydrogen-bond donors (Lipinski definition) is 1. The zero-order valence-electron chi connectivity index (χ0n) is 17.3. The highest BCUT2D eigenvalue weighted by Gasteiger charge is 2.26. The molecule has 1 saturated heterocycles. The van der Waals surface area contributed by atoms with Gasteiger partial charge in [-0.05, 0) is 68.1 Å². The van der Waals surface area contributed by atoms with Gasteiger partial charge in [-0.25, -0.2) is 0 Å². The van der Waals surface area contributed by atoms with Crippen molar-refractivity contribution in [2.24, 2.45) is 0 Å². The van der Waals surface area contributed by atoms with Crippen molar-refractivity contribution in [2.75, 3.05) is 31.5 Å². The van der Waals surface area contributed by atoms with E-state index < -0.39 is 0 Å². The summed E-state index contributed by atoms with van der Waals surface area (Å²) in [6.07, 6.45) is -0.218. The molecule has 0 radical (unpaired) electrons. The predicted octanol–water partition coefficient (Wildman–Crippen LogP) is 4.49. The Labute approximate surface area is 199 Å². The molecule has 2 aromatic carbocycles. The minimum Gasteiger partial charge on any atom is -0.339 e. The number of amides is 3. The van der Waals surface area contributed by atoms with Crippen molar-refractivity contribution in [3.05, 3.63) is 75.4 Å². The third kappa shape index (κ3) is 5.26. The molecular weight excluding hydrogens is 490 g/mol. The van der Waals surface area contributed by atoms with Crippen molar-refractivity contribution >= 4 is 50.7 Å². The van der Waals surface area contributed by atoms with Gasteiger partial charge in [0.25, 0.3) is 5.91 Å². The smallest absolute Gasteiger partial charge is 0.255 e. The Kier molecular flexibility index (Phi) is 7.02. The monoisotopic (exact) mass is 511 g/mol. The van der Waals surface area contributed by atoms with Crippen LogP contribution in [0, 0.1) is 0 Å². The maximum Gasteiger partial charge on any atom is 0.255 e. The number of carbonyl (C=O) groups excluding carboxylic acids is 3. The highest BCUT2D eigenvalue weighted by Crippen LogP contribution is 2.24. The van der Waals surface area contributed by atoms with E-state index in [-0.39, 0.29) is 24.1 Å². The lowest BCUT2D eigenvalue weighted by atomic mass is 10.1. The molecule has 3 amide bonds. The van der Waals surface area contributed by atoms with Crippen LogP contribution in [0.25, 0.3) is 11.1 Å². The molecule has 1 aromatic heterocycles. The molecule has 2 heterocycles. The Morgan fingerprint density at radius 2 is 1.56 bits per heavy atom. The summed E-state index contributed by atoms with van der Waals surface area (Å²) < 4.78 is 0.753. The Balaban J connectivity index is 1.26. The topological polar surface area (TPSA) is 69.7 Å². The van der Waals surface area contributed by atoms with Gasteiger partial charge in [0.15, 0.2) is 0 Å². The number of nitrogens with one attached hydrogen (secondary N) is 1. The minimum atomic E-state index is -0.343. The van der Waals surface area contributed by atoms with Gasteiger partial charge >= 0.3 is 0 Å². The average molecular weight is 512 g/mol. The third-order valence-electron chi connectivity index (χ3n) is 5.36. The number of anilines is 1. The summed E-state index contributed by atoms with van der Waals surface area (Å²) in [5, 5.41) is 6.87. The van der Waals surface area contributed by atoms with Crippen LogP contribution in [0.15, 0.2) is 69.8 Å². The van der Waals surface area contributed by atoms with Crippen molar-refractivity contribution in [1.29, 1.82) is 0 Å². The number of piperazine rings is 1. The van der Waals surface area contributed by atoms with Gasteiger partial charge in [-0.1, -0.05) is 24.3 Å². The van der Waals surface area contributed by atoms with Crippen LogP contribution in [0.2, 0.25) is 0 Å². The first-order valence-corrected chi connectivity index (χ1v) is 12.0. The van der Waals surface area contributed by atoms with Crippen LogP contribution in [-0.4, -0.2) is 53.7 Å². The van der Waals surface area contributed by atoms with E-state index in [0.29, 0.717) is 37.4 Å². The van der Waals surface area contributed by atoms with Crippen molar-refractivity contribution in [2.45, 2.75) is 6.42 Å². The van der Waals surface area contributed by atoms with Gasteiger partial charge in [0.1, 0.15) is 6.42 Å². The molecule has 32 heavy (non-hydrogen) atoms. The number of thiophene rings is 1. The normalized spacial score (nSPS) is 13.7. The maximum absolute atomic E-state index is 12.7. The molecule has 8 heteroatoms. The molecule has 1 fully saturated rings. The first-order valence-electron chi connectivity index (χ1n) is 10.3. The van der Waals surface area contributed by atoms with Crippen molar-refractivity contribution < 1.29 is 14.4 Å². The SMILES string of the molecule is O=C(CC(=O)N1CCN(C(=O)c2ccccc2Br)CC1)Nc1ccc(-c2ccsc2)cc1. The molecule has 0 saturated carbocycles. The first kappa shape index (κ1) is 22.2. The summed E-state index contributed by atoms with van der Waals surface area (Å²) in [5.41, 5.74) is 3.48. The number of benzene rings is 2. The van der Waals surface area contributed by atoms with Crippen LogP contribution < -0.4 is 5.32 Å². The summed E-state index contributed by atoms with van der Waals surface area (Å²) in [7, 11) is 0. The number of carbonyl (C=O) groups is 3. The number of halogens is 1. The average Bonchev–Trinajstić information content (AvgIpc) is 3.34. The molecule has 3 aromatic rings. The molecule has 0 spiro atoms. The van der Waals surface area contributed by atoms with Gasteiger partial charge in [-0.15, -0.1) is 0 Å². The quantitative estimate of drug-likeness (QED) is 0.513. The lowest BCUT2D eigenvalue weighted by molar-refractivity contribution is -0.135. The molecule has 0 aliphatic carbocycles. The van der Waals surface area contributed by atoms with Crippen LogP contribution in [0.3, 0.4) is 0 Å². The van der Waals surface area contributed by atoms with Gasteiger partial charge in [-0.2, -0.15) is 11.3 Å². The fourth-order valence-electron chi connectivity index (χ4n) is 3.59. The van der Waals surface area contributed by atoms with E-state index >= 15 is 0 Å². The van der Waals surface area contributed by atoms with E-state index in [1.807, 2.05) is 53.9 Å². The van der Waals surface area contributed by atoms with Crippen LogP contribution in [0.5, 0.6) is 0 Å². The molecule has 4 rings (SSSR count). The second-order valence-corrected chi connectivity index (χ2v) is 9.10. The standard InChI is InChI=1S/C24H22BrN3O3S/c25-21-4-2-1-3-20(21)24(31)28-12-10-27(11-13-28)23(30)15-22(29)26-19-7-5-17(6-8-19)18-9-14-32-16-18/h1-9,14,16H,10-13,15H2,(H,26,29). The fraction of sp³-hybridized carbons (Fsp3) is 0.208. The third-order valence-corrected chi connectivity index (χ3v) is 6.73. The van der Waals surface area contributed by atoms with Gasteiger partial charge in [0, 0.05) is 36.3 Å². The Morgan fingerprint density at radius 1 is 0.875 bits per heavy atom. The molecule has 1 N–H and O–H groups in total. The Bertz CT molecular complexity index is 1110. The van der Waals surface area contributed by atoms with E-state index in [0.717, 1.165) is 15.6 Å². The van der Waals surface area contributed by atoms with E-state index in [9.17, 15) is 14.4 Å². The Hall–Kier alpha value is -2.97.